The molecule has 4 N–H and O–H groups in total. The molecule has 668 valence electrons. The quantitative estimate of drug-likeness (QED) is 0.0367. The van der Waals surface area contributed by atoms with E-state index in [0.717, 1.165) is 68.4 Å². The predicted molar refractivity (Wildman–Crippen MR) is 477 cm³/mol. The summed E-state index contributed by atoms with van der Waals surface area (Å²) in [5, 5.41) is 30.4. The number of fused-ring (bicyclic) bond motifs is 4. The van der Waals surface area contributed by atoms with Gasteiger partial charge in [-0.15, -0.1) is 20.4 Å². The highest BCUT2D eigenvalue weighted by atomic mass is 16.5. The number of rotatable bonds is 26. The van der Waals surface area contributed by atoms with E-state index in [1.807, 2.05) is 79.8 Å². The average Bonchev–Trinajstić information content (AvgIpc) is 1.60. The zero-order valence-electron chi connectivity index (χ0n) is 74.2. The number of hydrogen-bond donors (Lipinski definition) is 4. The average molecular weight is 1730 g/mol. The maximum absolute atomic E-state index is 13.6. The van der Waals surface area contributed by atoms with Gasteiger partial charge in [0.2, 0.25) is 23.6 Å². The second-order valence-corrected chi connectivity index (χ2v) is 32.4. The number of nitrogens with zero attached hydrogens (tertiary/aromatic N) is 24. The first kappa shape index (κ1) is 89.5. The van der Waals surface area contributed by atoms with Gasteiger partial charge in [0.15, 0.2) is 22.6 Å². The van der Waals surface area contributed by atoms with Gasteiger partial charge in [-0.05, 0) is 121 Å². The maximum Gasteiger partial charge on any atom is 0.334 e. The summed E-state index contributed by atoms with van der Waals surface area (Å²) in [5.74, 6) is 1.51. The van der Waals surface area contributed by atoms with E-state index in [-0.39, 0.29) is 101 Å². The molecule has 0 spiro atoms. The third-order valence-electron chi connectivity index (χ3n) is 24.2. The van der Waals surface area contributed by atoms with Crippen molar-refractivity contribution in [3.05, 3.63) is 190 Å². The number of amides is 4. The van der Waals surface area contributed by atoms with Gasteiger partial charge in [-0.25, -0.2) is 56.7 Å². The minimum absolute atomic E-state index is 0.0225. The van der Waals surface area contributed by atoms with Crippen LogP contribution in [0.1, 0.15) is 145 Å². The molecule has 12 aromatic rings. The lowest BCUT2D eigenvalue weighted by molar-refractivity contribution is -0.127. The van der Waals surface area contributed by atoms with Crippen molar-refractivity contribution < 1.29 is 38.1 Å². The van der Waals surface area contributed by atoms with Crippen LogP contribution in [0, 0.1) is 6.92 Å². The number of hydrogen-bond acceptors (Lipinski definition) is 24. The Hall–Kier alpha value is -14.2. The number of carbonyl (C=O) groups is 4. The van der Waals surface area contributed by atoms with Crippen molar-refractivity contribution in [3.8, 4) is 23.5 Å². The van der Waals surface area contributed by atoms with Crippen LogP contribution in [0.15, 0.2) is 150 Å². The van der Waals surface area contributed by atoms with Crippen molar-refractivity contribution >= 4 is 91.7 Å². The largest absolute Gasteiger partial charge is 0.478 e. The summed E-state index contributed by atoms with van der Waals surface area (Å²) < 4.78 is 41.5. The number of nitrogens with one attached hydrogen (secondary N) is 4. The van der Waals surface area contributed by atoms with Crippen LogP contribution < -0.4 is 63.0 Å². The minimum atomic E-state index is -0.158. The number of aryl methyl sites for hydroxylation is 6. The van der Waals surface area contributed by atoms with E-state index in [9.17, 15) is 38.4 Å². The number of carbonyl (C=O) groups excluding carboxylic acids is 4. The molecule has 12 aromatic heterocycles. The Labute approximate surface area is 726 Å². The van der Waals surface area contributed by atoms with Gasteiger partial charge in [-0.2, -0.15) is 0 Å². The molecule has 0 aromatic carbocycles. The fraction of sp³-hybridized carbons (Fsp3) is 0.442. The zero-order chi connectivity index (χ0) is 90.5. The standard InChI is InChI=1S/C23H31N7O3.C22H29N7O3.C21H27N7O3.C20H25N7O3/c1-7-20(31)28(5)15-8-9-16(10-15)29-13-17(25-18-12-27(4)26-22(18)33-6)21-24-11-19(14(2)3)30(21)23(29)32;1-6-14-11-23-20-17(24-18-12-26(3)25-21(18)32-5)13-28(22(31)29(14)20)16-9-8-15(10-16)27(4)19(30)7-2;1-6-18(29)26(4)14-7-8-15(9-14)27-12-16(19-22-10-13(2)28(19)21(27)30)23-17-11-25(3)24-20(17)31-5;1-5-17(28)25(3)13-6-7-14(10-13)27-12-15(18-21-8-9-26(18)20(27)29)22-16-11-24(2)23-19(16)30-4/h7,11-16,25H,1,8-10H2,2-6H3;7,11-13,15-16,24H,2,6,8-10H2,1,3-5H3;6,10-12,14-15,23H,1,7-9H2,2-5H3;5,8-9,11-14,22H,1,6-7,10H2,2-4H3. The molecular weight excluding hydrogens is 1620 g/mol. The van der Waals surface area contributed by atoms with Crippen molar-refractivity contribution in [1.29, 1.82) is 0 Å². The minimum Gasteiger partial charge on any atom is -0.478 e. The van der Waals surface area contributed by atoms with Crippen LogP contribution in [-0.2, 0) is 53.8 Å². The molecule has 4 aliphatic rings. The monoisotopic (exact) mass is 1730 g/mol. The summed E-state index contributed by atoms with van der Waals surface area (Å²) in [7, 11) is 20.6. The van der Waals surface area contributed by atoms with E-state index in [1.165, 1.54) is 28.7 Å². The molecule has 4 amide bonds. The van der Waals surface area contributed by atoms with Crippen LogP contribution in [0.5, 0.6) is 23.5 Å². The third kappa shape index (κ3) is 18.0. The summed E-state index contributed by atoms with van der Waals surface area (Å²) in [6, 6.07) is 0.149. The van der Waals surface area contributed by atoms with E-state index in [2.05, 4.69) is 87.9 Å². The van der Waals surface area contributed by atoms with Gasteiger partial charge in [0.1, 0.15) is 22.7 Å². The van der Waals surface area contributed by atoms with Crippen LogP contribution >= 0.6 is 0 Å². The predicted octanol–water partition coefficient (Wildman–Crippen LogP) is 8.87. The van der Waals surface area contributed by atoms with Gasteiger partial charge in [0, 0.05) is 172 Å². The molecular formula is C86H112N28O12. The lowest BCUT2D eigenvalue weighted by Gasteiger charge is -2.24. The number of imidazole rings is 4. The van der Waals surface area contributed by atoms with Crippen LogP contribution in [0.25, 0.3) is 22.6 Å². The topological polar surface area (TPSA) is 395 Å². The van der Waals surface area contributed by atoms with Crippen LogP contribution in [0.3, 0.4) is 0 Å². The lowest BCUT2D eigenvalue weighted by Crippen LogP contribution is -2.35. The Bertz CT molecular complexity index is 6350. The van der Waals surface area contributed by atoms with Crippen molar-refractivity contribution in [2.24, 2.45) is 28.2 Å². The van der Waals surface area contributed by atoms with Crippen LogP contribution in [0.2, 0.25) is 0 Å². The maximum atomic E-state index is 13.6. The first-order valence-electron chi connectivity index (χ1n) is 41.8. The molecule has 8 atom stereocenters. The molecule has 12 heterocycles. The number of ether oxygens (including phenoxy) is 4. The summed E-state index contributed by atoms with van der Waals surface area (Å²) in [6.45, 7) is 22.2. The smallest absolute Gasteiger partial charge is 0.334 e. The first-order chi connectivity index (χ1) is 60.4. The summed E-state index contributed by atoms with van der Waals surface area (Å²) >= 11 is 0. The fourth-order valence-corrected chi connectivity index (χ4v) is 17.5. The molecule has 0 aliphatic heterocycles. The highest BCUT2D eigenvalue weighted by molar-refractivity contribution is 5.89. The third-order valence-corrected chi connectivity index (χ3v) is 24.2. The molecule has 40 nitrogen and oxygen atoms in total. The zero-order valence-corrected chi connectivity index (χ0v) is 74.2. The summed E-state index contributed by atoms with van der Waals surface area (Å²) in [5.41, 5.74) is 9.52. The Morgan fingerprint density at radius 1 is 0.421 bits per heavy atom. The Kier molecular flexibility index (Phi) is 26.9. The molecule has 8 unspecified atom stereocenters. The SMILES string of the molecule is C=CC(=O)N(C)C1CCC(n2cc(Nc3cn(C)nc3OC)c3ncc(C(C)C)n3c2=O)C1.C=CC(=O)N(C)C1CCC(n2cc(Nc3cn(C)nc3OC)c3ncc(C)n3c2=O)C1.C=CC(=O)N(C)C1CCC(n2cc(Nc3cn(C)nc3OC)c3ncc(CC)n3c2=O)C1.C=CC(=O)N(C)C1CCC(n2cc(Nc3cn(C)nc3OC)c3nccn3c2=O)C1. The normalized spacial score (nSPS) is 18.3. The fourth-order valence-electron chi connectivity index (χ4n) is 17.5. The summed E-state index contributed by atoms with van der Waals surface area (Å²) in [4.78, 5) is 126. The van der Waals surface area contributed by atoms with E-state index in [4.69, 9.17) is 18.9 Å². The Morgan fingerprint density at radius 2 is 0.722 bits per heavy atom. The van der Waals surface area contributed by atoms with Crippen LogP contribution in [-0.4, -0.2) is 219 Å². The summed E-state index contributed by atoms with van der Waals surface area (Å²) in [6.07, 6.45) is 38.2. The van der Waals surface area contributed by atoms with E-state index >= 15 is 0 Å². The molecule has 4 aliphatic carbocycles. The van der Waals surface area contributed by atoms with Crippen molar-refractivity contribution in [2.45, 2.75) is 165 Å². The van der Waals surface area contributed by atoms with Crippen molar-refractivity contribution in [1.82, 2.24) is 115 Å². The second-order valence-electron chi connectivity index (χ2n) is 32.4. The van der Waals surface area contributed by atoms with Crippen molar-refractivity contribution in [2.75, 3.05) is 77.9 Å². The van der Waals surface area contributed by atoms with Gasteiger partial charge in [0.05, 0.1) is 81.7 Å². The number of aromatic nitrogens is 20. The molecule has 4 fully saturated rings. The molecule has 126 heavy (non-hydrogen) atoms. The molecule has 40 heteroatoms. The van der Waals surface area contributed by atoms with Crippen LogP contribution in [0.4, 0.5) is 45.5 Å². The number of likely N-dealkylation sites (N-methyl/N-ethyl adjacent to an activating group) is 4. The molecule has 0 radical (unpaired) electrons. The van der Waals surface area contributed by atoms with Gasteiger partial charge in [-0.1, -0.05) is 47.1 Å². The lowest BCUT2D eigenvalue weighted by atomic mass is 10.1. The van der Waals surface area contributed by atoms with Gasteiger partial charge in [0.25, 0.3) is 23.5 Å². The Balaban J connectivity index is 0.000000144. The van der Waals surface area contributed by atoms with Gasteiger partial charge in [-0.3, -0.25) is 56.2 Å². The second kappa shape index (κ2) is 37.8. The highest BCUT2D eigenvalue weighted by Gasteiger charge is 2.37. The van der Waals surface area contributed by atoms with Crippen molar-refractivity contribution in [3.63, 3.8) is 0 Å². The molecule has 0 bridgehead atoms. The van der Waals surface area contributed by atoms with Gasteiger partial charge >= 0.3 is 22.8 Å². The number of anilines is 8. The Morgan fingerprint density at radius 3 is 1.06 bits per heavy atom. The molecule has 16 rings (SSSR count). The van der Waals surface area contributed by atoms with E-state index < -0.39 is 0 Å². The number of methoxy groups -OCH3 is 4. The van der Waals surface area contributed by atoms with Gasteiger partial charge < -0.3 is 59.8 Å². The molecule has 4 saturated carbocycles. The molecule has 0 saturated heterocycles. The highest BCUT2D eigenvalue weighted by Crippen LogP contribution is 2.40. The van der Waals surface area contributed by atoms with E-state index in [0.29, 0.717) is 124 Å². The van der Waals surface area contributed by atoms with E-state index in [1.54, 1.807) is 183 Å². The first-order valence-corrected chi connectivity index (χ1v) is 41.8.